The summed E-state index contributed by atoms with van der Waals surface area (Å²) in [7, 11) is 1.61. The summed E-state index contributed by atoms with van der Waals surface area (Å²) in [4.78, 5) is 31.4. The van der Waals surface area contributed by atoms with Gasteiger partial charge in [-0.1, -0.05) is 19.1 Å². The lowest BCUT2D eigenvalue weighted by Crippen LogP contribution is -2.49. The Morgan fingerprint density at radius 3 is 2.71 bits per heavy atom. The van der Waals surface area contributed by atoms with Crippen LogP contribution in [0, 0.1) is 0 Å². The van der Waals surface area contributed by atoms with Crippen LogP contribution in [-0.2, 0) is 11.2 Å². The molecule has 8 heteroatoms. The Labute approximate surface area is 203 Å². The fourth-order valence-corrected chi connectivity index (χ4v) is 5.14. The molecule has 4 rings (SSSR count). The van der Waals surface area contributed by atoms with Crippen LogP contribution >= 0.6 is 11.3 Å². The molecule has 3 aromatic rings. The lowest BCUT2D eigenvalue weighted by molar-refractivity contribution is -0.136. The topological polar surface area (TPSA) is 72.2 Å². The van der Waals surface area contributed by atoms with Crippen LogP contribution in [-0.4, -0.2) is 54.5 Å². The van der Waals surface area contributed by atoms with Gasteiger partial charge in [0.05, 0.1) is 19.4 Å². The Bertz CT molecular complexity index is 1110. The number of carbonyl (C=O) groups excluding carboxylic acids is 2. The van der Waals surface area contributed by atoms with E-state index in [4.69, 9.17) is 13.9 Å². The third kappa shape index (κ3) is 4.97. The first-order valence-electron chi connectivity index (χ1n) is 11.5. The van der Waals surface area contributed by atoms with E-state index >= 15 is 0 Å². The molecule has 0 unspecified atom stereocenters. The van der Waals surface area contributed by atoms with Gasteiger partial charge in [-0.25, -0.2) is 0 Å². The summed E-state index contributed by atoms with van der Waals surface area (Å²) in [6.45, 7) is 4.81. The lowest BCUT2D eigenvalue weighted by Gasteiger charge is -2.38. The number of fused-ring (bicyclic) bond motifs is 1. The van der Waals surface area contributed by atoms with E-state index < -0.39 is 0 Å². The number of furan rings is 1. The van der Waals surface area contributed by atoms with E-state index in [9.17, 15) is 9.59 Å². The standard InChI is InChI=1S/C26H30N2O5S/c1-4-18(2)28(26(30)23-10-7-14-32-23)16-25(29)27-13-11-24-19(12-15-34-24)20(27)17-33-22-9-6-5-8-21(22)31-3/h5-10,12,14-15,18,20H,4,11,13,16-17H2,1-3H3/t18-,20+/m0/s1. The summed E-state index contributed by atoms with van der Waals surface area (Å²) in [5.41, 5.74) is 1.10. The number of rotatable bonds is 9. The Balaban J connectivity index is 1.55. The molecule has 0 spiro atoms. The van der Waals surface area contributed by atoms with Crippen molar-refractivity contribution in [1.29, 1.82) is 0 Å². The number of ether oxygens (including phenoxy) is 2. The molecule has 0 bridgehead atoms. The van der Waals surface area contributed by atoms with Crippen molar-refractivity contribution in [3.05, 3.63) is 70.3 Å². The van der Waals surface area contributed by atoms with Gasteiger partial charge >= 0.3 is 0 Å². The first kappa shape index (κ1) is 23.9. The van der Waals surface area contributed by atoms with Gasteiger partial charge in [-0.2, -0.15) is 0 Å². The number of methoxy groups -OCH3 is 1. The van der Waals surface area contributed by atoms with Crippen LogP contribution in [0.4, 0.5) is 0 Å². The van der Waals surface area contributed by atoms with Crippen LogP contribution in [0.15, 0.2) is 58.5 Å². The van der Waals surface area contributed by atoms with E-state index in [1.54, 1.807) is 35.5 Å². The quantitative estimate of drug-likeness (QED) is 0.438. The molecule has 0 N–H and O–H groups in total. The van der Waals surface area contributed by atoms with Crippen molar-refractivity contribution in [3.8, 4) is 11.5 Å². The maximum atomic E-state index is 13.6. The molecule has 180 valence electrons. The molecule has 0 radical (unpaired) electrons. The highest BCUT2D eigenvalue weighted by Crippen LogP contribution is 2.35. The van der Waals surface area contributed by atoms with Crippen molar-refractivity contribution in [2.45, 2.75) is 38.8 Å². The fraction of sp³-hybridized carbons (Fsp3) is 0.385. The van der Waals surface area contributed by atoms with E-state index in [1.807, 2.05) is 43.0 Å². The molecule has 0 saturated heterocycles. The van der Waals surface area contributed by atoms with Crippen molar-refractivity contribution in [1.82, 2.24) is 9.80 Å². The molecule has 1 aliphatic rings. The molecule has 34 heavy (non-hydrogen) atoms. The number of carbonyl (C=O) groups is 2. The summed E-state index contributed by atoms with van der Waals surface area (Å²) < 4.78 is 16.9. The van der Waals surface area contributed by atoms with E-state index in [0.29, 0.717) is 24.7 Å². The Kier molecular flexibility index (Phi) is 7.57. The summed E-state index contributed by atoms with van der Waals surface area (Å²) in [6.07, 6.45) is 2.99. The predicted molar refractivity (Wildman–Crippen MR) is 130 cm³/mol. The van der Waals surface area contributed by atoms with Crippen molar-refractivity contribution >= 4 is 23.2 Å². The molecule has 0 aliphatic carbocycles. The molecular weight excluding hydrogens is 452 g/mol. The minimum absolute atomic E-state index is 0.0147. The first-order valence-corrected chi connectivity index (χ1v) is 12.4. The number of benzene rings is 1. The number of thiophene rings is 1. The Hall–Kier alpha value is -3.26. The van der Waals surface area contributed by atoms with Gasteiger partial charge in [0.15, 0.2) is 17.3 Å². The second-order valence-electron chi connectivity index (χ2n) is 8.28. The summed E-state index contributed by atoms with van der Waals surface area (Å²) in [5.74, 6) is 1.14. The van der Waals surface area contributed by atoms with E-state index in [2.05, 4.69) is 11.4 Å². The molecule has 0 saturated carbocycles. The summed E-state index contributed by atoms with van der Waals surface area (Å²) in [5, 5.41) is 2.06. The number of amides is 2. The van der Waals surface area contributed by atoms with Gasteiger partial charge in [0.2, 0.25) is 5.91 Å². The number of hydrogen-bond donors (Lipinski definition) is 0. The second-order valence-corrected chi connectivity index (χ2v) is 9.28. The van der Waals surface area contributed by atoms with Crippen LogP contribution in [0.1, 0.15) is 47.3 Å². The van der Waals surface area contributed by atoms with Gasteiger partial charge in [0.1, 0.15) is 13.2 Å². The Morgan fingerprint density at radius 2 is 2.00 bits per heavy atom. The number of nitrogens with zero attached hydrogens (tertiary/aromatic N) is 2. The van der Waals surface area contributed by atoms with Crippen molar-refractivity contribution in [2.24, 2.45) is 0 Å². The number of hydrogen-bond acceptors (Lipinski definition) is 6. The van der Waals surface area contributed by atoms with Gasteiger partial charge in [-0.3, -0.25) is 9.59 Å². The summed E-state index contributed by atoms with van der Waals surface area (Å²) in [6, 6.07) is 12.5. The van der Waals surface area contributed by atoms with Gasteiger partial charge in [-0.15, -0.1) is 11.3 Å². The number of para-hydroxylation sites is 2. The van der Waals surface area contributed by atoms with Crippen LogP contribution in [0.2, 0.25) is 0 Å². The minimum Gasteiger partial charge on any atom is -0.493 e. The molecule has 1 aliphatic heterocycles. The zero-order valence-corrected chi connectivity index (χ0v) is 20.5. The van der Waals surface area contributed by atoms with Gasteiger partial charge in [0.25, 0.3) is 5.91 Å². The highest BCUT2D eigenvalue weighted by Gasteiger charge is 2.35. The maximum absolute atomic E-state index is 13.6. The van der Waals surface area contributed by atoms with E-state index in [1.165, 1.54) is 11.1 Å². The molecule has 2 amide bonds. The first-order chi connectivity index (χ1) is 16.5. The molecular formula is C26H30N2O5S. The second kappa shape index (κ2) is 10.8. The van der Waals surface area contributed by atoms with Crippen molar-refractivity contribution < 1.29 is 23.5 Å². The average molecular weight is 483 g/mol. The van der Waals surface area contributed by atoms with Crippen LogP contribution in [0.5, 0.6) is 11.5 Å². The molecule has 7 nitrogen and oxygen atoms in total. The fourth-order valence-electron chi connectivity index (χ4n) is 4.21. The van der Waals surface area contributed by atoms with Crippen LogP contribution in [0.25, 0.3) is 0 Å². The third-order valence-corrected chi connectivity index (χ3v) is 7.30. The molecule has 1 aromatic carbocycles. The average Bonchev–Trinajstić information content (AvgIpc) is 3.57. The monoisotopic (exact) mass is 482 g/mol. The van der Waals surface area contributed by atoms with E-state index in [0.717, 1.165) is 18.4 Å². The SMILES string of the molecule is CC[C@H](C)N(CC(=O)N1CCc2sccc2[C@H]1COc1ccccc1OC)C(=O)c1ccco1. The molecule has 3 heterocycles. The highest BCUT2D eigenvalue weighted by molar-refractivity contribution is 7.10. The Morgan fingerprint density at radius 1 is 1.21 bits per heavy atom. The van der Waals surface area contributed by atoms with Gasteiger partial charge in [0, 0.05) is 17.5 Å². The largest absolute Gasteiger partial charge is 0.493 e. The van der Waals surface area contributed by atoms with Crippen molar-refractivity contribution in [2.75, 3.05) is 26.8 Å². The molecule has 0 fully saturated rings. The predicted octanol–water partition coefficient (Wildman–Crippen LogP) is 4.80. The lowest BCUT2D eigenvalue weighted by atomic mass is 10.00. The van der Waals surface area contributed by atoms with Gasteiger partial charge < -0.3 is 23.7 Å². The summed E-state index contributed by atoms with van der Waals surface area (Å²) >= 11 is 1.70. The third-order valence-electron chi connectivity index (χ3n) is 6.30. The van der Waals surface area contributed by atoms with Gasteiger partial charge in [-0.05, 0) is 61.0 Å². The molecule has 2 atom stereocenters. The smallest absolute Gasteiger partial charge is 0.290 e. The zero-order valence-electron chi connectivity index (χ0n) is 19.7. The van der Waals surface area contributed by atoms with Crippen LogP contribution in [0.3, 0.4) is 0 Å². The maximum Gasteiger partial charge on any atom is 0.290 e. The zero-order chi connectivity index (χ0) is 24.1. The van der Waals surface area contributed by atoms with Crippen LogP contribution < -0.4 is 9.47 Å². The van der Waals surface area contributed by atoms with Crippen molar-refractivity contribution in [3.63, 3.8) is 0 Å². The normalized spacial score (nSPS) is 16.0. The van der Waals surface area contributed by atoms with E-state index in [-0.39, 0.29) is 36.2 Å². The highest BCUT2D eigenvalue weighted by atomic mass is 32.1. The molecule has 2 aromatic heterocycles. The minimum atomic E-state index is -0.275.